The summed E-state index contributed by atoms with van der Waals surface area (Å²) in [7, 11) is 0. The number of hydrogen-bond acceptors (Lipinski definition) is 0. The molecule has 0 heterocycles. The molecule has 0 saturated heterocycles. The van der Waals surface area contributed by atoms with Crippen molar-refractivity contribution in [2.45, 2.75) is 0 Å². The summed E-state index contributed by atoms with van der Waals surface area (Å²) < 4.78 is 0. The molecular weight excluding hydrogens is 241 g/mol. The van der Waals surface area contributed by atoms with Crippen molar-refractivity contribution in [1.82, 2.24) is 0 Å². The molecule has 0 saturated carbocycles. The van der Waals surface area contributed by atoms with Crippen LogP contribution in [0.1, 0.15) is 0 Å². The third kappa shape index (κ3) is 101. The molecule has 0 aromatic rings. The van der Waals surface area contributed by atoms with E-state index in [1.54, 1.807) is 0 Å². The summed E-state index contributed by atoms with van der Waals surface area (Å²) in [5, 5.41) is 0. The Hall–Kier alpha value is 1.50. The summed E-state index contributed by atoms with van der Waals surface area (Å²) in [4.78, 5) is 0. The molecule has 0 aliphatic heterocycles. The summed E-state index contributed by atoms with van der Waals surface area (Å²) >= 11 is 0. The molecule has 0 aliphatic rings. The molecule has 7 heavy (non-hydrogen) atoms. The van der Waals surface area contributed by atoms with Crippen LogP contribution in [0.4, 0.5) is 0 Å². The average molecular weight is 241 g/mol. The van der Waals surface area contributed by atoms with Crippen molar-refractivity contribution in [2.24, 2.45) is 0 Å². The van der Waals surface area contributed by atoms with Gasteiger partial charge in [0.2, 0.25) is 0 Å². The summed E-state index contributed by atoms with van der Waals surface area (Å²) in [6.45, 7) is 0. The molecule has 0 aromatic carbocycles. The minimum atomic E-state index is 0. The fourth-order valence-electron chi connectivity index (χ4n) is 0. The Morgan fingerprint density at radius 3 is 0.429 bits per heavy atom. The molecule has 0 amide bonds. The van der Waals surface area contributed by atoms with Gasteiger partial charge in [-0.15, -0.1) is 0 Å². The van der Waals surface area contributed by atoms with Crippen molar-refractivity contribution in [3.05, 3.63) is 0 Å². The molecule has 0 N–H and O–H groups in total. The van der Waals surface area contributed by atoms with Crippen molar-refractivity contribution >= 4 is 0 Å². The van der Waals surface area contributed by atoms with Crippen LogP contribution >= 0.6 is 0 Å². The van der Waals surface area contributed by atoms with E-state index in [0.717, 1.165) is 0 Å². The van der Waals surface area contributed by atoms with Crippen molar-refractivity contribution in [3.8, 4) is 0 Å². The molecule has 0 fully saturated rings. The standard InChI is InChI=1S/2Fe.4O.Zn/q;;4*-2;+2. The van der Waals surface area contributed by atoms with E-state index in [1.807, 2.05) is 0 Å². The number of rotatable bonds is 0. The topological polar surface area (TPSA) is 114 Å². The zero-order valence-electron chi connectivity index (χ0n) is 3.05. The van der Waals surface area contributed by atoms with E-state index < -0.39 is 0 Å². The second kappa shape index (κ2) is 141. The molecule has 0 unspecified atom stereocenters. The predicted molar refractivity (Wildman–Crippen MR) is 2.75 cm³/mol. The van der Waals surface area contributed by atoms with Crippen LogP contribution in [0.5, 0.6) is 0 Å². The minimum Gasteiger partial charge on any atom is -2.00 e. The molecule has 0 radical (unpaired) electrons. The van der Waals surface area contributed by atoms with Gasteiger partial charge in [0.05, 0.1) is 0 Å². The van der Waals surface area contributed by atoms with Crippen LogP contribution in [-0.2, 0) is 75.5 Å². The van der Waals surface area contributed by atoms with Crippen LogP contribution in [0, 0.1) is 0 Å². The van der Waals surface area contributed by atoms with Gasteiger partial charge in [-0.3, -0.25) is 0 Å². The van der Waals surface area contributed by atoms with Gasteiger partial charge < -0.3 is 21.9 Å². The maximum absolute atomic E-state index is 0. The van der Waals surface area contributed by atoms with Crippen LogP contribution in [-0.4, -0.2) is 0 Å². The Bertz CT molecular complexity index is 9.65. The van der Waals surface area contributed by atoms with Gasteiger partial charge in [0, 0.05) is 34.1 Å². The van der Waals surface area contributed by atoms with Gasteiger partial charge >= 0.3 is 19.5 Å². The monoisotopic (exact) mass is 240 g/mol. The predicted octanol–water partition coefficient (Wildman–Crippen LogP) is -0.483. The van der Waals surface area contributed by atoms with Crippen molar-refractivity contribution in [3.63, 3.8) is 0 Å². The zero-order chi connectivity index (χ0) is 0. The first-order valence-corrected chi connectivity index (χ1v) is 0. The van der Waals surface area contributed by atoms with E-state index in [4.69, 9.17) is 0 Å². The third-order valence-corrected chi connectivity index (χ3v) is 0. The first kappa shape index (κ1) is 212. The van der Waals surface area contributed by atoms with E-state index in [9.17, 15) is 0 Å². The Kier molecular flexibility index (Phi) is 4260. The van der Waals surface area contributed by atoms with Gasteiger partial charge in [0.25, 0.3) is 0 Å². The molecule has 0 aliphatic carbocycles. The summed E-state index contributed by atoms with van der Waals surface area (Å²) in [5.41, 5.74) is 0. The van der Waals surface area contributed by atoms with Crippen LogP contribution in [0.25, 0.3) is 0 Å². The molecule has 0 bridgehead atoms. The molecule has 0 aromatic heterocycles. The molecule has 0 spiro atoms. The maximum atomic E-state index is 0. The Morgan fingerprint density at radius 1 is 0.429 bits per heavy atom. The van der Waals surface area contributed by atoms with Gasteiger partial charge in [-0.05, 0) is 0 Å². The molecule has 48 valence electrons. The van der Waals surface area contributed by atoms with Crippen molar-refractivity contribution < 1.29 is 75.5 Å². The average Bonchev–Trinajstić information content (AvgIpc) is 0. The van der Waals surface area contributed by atoms with Gasteiger partial charge in [-0.2, -0.15) is 0 Å². The summed E-state index contributed by atoms with van der Waals surface area (Å²) in [6.07, 6.45) is 0. The number of hydrogen-bond donors (Lipinski definition) is 0. The van der Waals surface area contributed by atoms with Gasteiger partial charge in [0.1, 0.15) is 0 Å². The van der Waals surface area contributed by atoms with Crippen molar-refractivity contribution in [1.29, 1.82) is 0 Å². The third-order valence-electron chi connectivity index (χ3n) is 0. The Morgan fingerprint density at radius 2 is 0.429 bits per heavy atom. The quantitative estimate of drug-likeness (QED) is 0.509. The van der Waals surface area contributed by atoms with Crippen LogP contribution in [0.2, 0.25) is 0 Å². The van der Waals surface area contributed by atoms with Gasteiger partial charge in [-0.1, -0.05) is 0 Å². The molecular formula is Fe2O4Zn-6. The van der Waals surface area contributed by atoms with Crippen LogP contribution in [0.3, 0.4) is 0 Å². The molecule has 4 nitrogen and oxygen atoms in total. The second-order valence-corrected chi connectivity index (χ2v) is 0. The van der Waals surface area contributed by atoms with Crippen LogP contribution < -0.4 is 0 Å². The molecule has 7 heteroatoms. The second-order valence-electron chi connectivity index (χ2n) is 0. The first-order valence-electron chi connectivity index (χ1n) is 0. The van der Waals surface area contributed by atoms with E-state index >= 15 is 0 Å². The van der Waals surface area contributed by atoms with Gasteiger partial charge in [0.15, 0.2) is 0 Å². The van der Waals surface area contributed by atoms with Crippen LogP contribution in [0.15, 0.2) is 0 Å². The van der Waals surface area contributed by atoms with E-state index in [2.05, 4.69) is 0 Å². The normalized spacial score (nSPS) is 0. The Balaban J connectivity index is 0. The first-order chi connectivity index (χ1) is 0. The largest absolute Gasteiger partial charge is 2.00 e. The SMILES string of the molecule is [Fe].[Fe].[O-2].[O-2].[O-2].[O-2].[Zn+2]. The minimum absolute atomic E-state index is 0. The smallest absolute Gasteiger partial charge is 2.00 e. The van der Waals surface area contributed by atoms with E-state index in [-0.39, 0.29) is 75.5 Å². The molecule has 0 rings (SSSR count). The summed E-state index contributed by atoms with van der Waals surface area (Å²) in [6, 6.07) is 0. The van der Waals surface area contributed by atoms with E-state index in [0.29, 0.717) is 0 Å². The van der Waals surface area contributed by atoms with Crippen molar-refractivity contribution in [2.75, 3.05) is 0 Å². The summed E-state index contributed by atoms with van der Waals surface area (Å²) in [5.74, 6) is 0. The van der Waals surface area contributed by atoms with Gasteiger partial charge in [-0.25, -0.2) is 0 Å². The fourth-order valence-corrected chi connectivity index (χ4v) is 0. The van der Waals surface area contributed by atoms with E-state index in [1.165, 1.54) is 0 Å². The Labute approximate surface area is 75.4 Å². The fraction of sp³-hybridized carbons (Fsp3) is 0. The molecule has 0 atom stereocenters. The maximum Gasteiger partial charge on any atom is 2.00 e. The zero-order valence-corrected chi connectivity index (χ0v) is 8.22.